The lowest BCUT2D eigenvalue weighted by Crippen LogP contribution is -2.41. The molecule has 1 aliphatic rings. The van der Waals surface area contributed by atoms with Crippen LogP contribution in [0.4, 0.5) is 5.95 Å². The Morgan fingerprint density at radius 1 is 1.03 bits per heavy atom. The van der Waals surface area contributed by atoms with Crippen molar-refractivity contribution in [1.82, 2.24) is 24.4 Å². The molecule has 0 radical (unpaired) electrons. The van der Waals surface area contributed by atoms with Crippen molar-refractivity contribution in [3.63, 3.8) is 0 Å². The Labute approximate surface area is 180 Å². The number of para-hydroxylation sites is 2. The highest BCUT2D eigenvalue weighted by Crippen LogP contribution is 2.24. The standard InChI is InChI=1S/C23H26N6O2/c1-2-7-21-20(6-1)27-22(29(21)17-19-5-3-15-30-19)26-18-8-12-28(13-9-18)14-16-31-23-24-10-4-11-25-23/h1-7,10-11,15,18H,8-9,12-14,16-17H2,(H,26,27). The van der Waals surface area contributed by atoms with Crippen molar-refractivity contribution >= 4 is 17.0 Å². The van der Waals surface area contributed by atoms with Crippen LogP contribution < -0.4 is 10.1 Å². The summed E-state index contributed by atoms with van der Waals surface area (Å²) in [4.78, 5) is 15.5. The molecule has 0 atom stereocenters. The van der Waals surface area contributed by atoms with Crippen molar-refractivity contribution in [1.29, 1.82) is 0 Å². The molecule has 4 heterocycles. The van der Waals surface area contributed by atoms with E-state index >= 15 is 0 Å². The zero-order valence-electron chi connectivity index (χ0n) is 17.4. The summed E-state index contributed by atoms with van der Waals surface area (Å²) in [5.74, 6) is 1.82. The largest absolute Gasteiger partial charge is 0.467 e. The predicted molar refractivity (Wildman–Crippen MR) is 118 cm³/mol. The molecule has 1 N–H and O–H groups in total. The first-order valence-corrected chi connectivity index (χ1v) is 10.7. The van der Waals surface area contributed by atoms with Gasteiger partial charge in [0.15, 0.2) is 0 Å². The van der Waals surface area contributed by atoms with E-state index in [0.717, 1.165) is 55.2 Å². The van der Waals surface area contributed by atoms with Gasteiger partial charge in [-0.3, -0.25) is 4.90 Å². The van der Waals surface area contributed by atoms with Crippen molar-refractivity contribution < 1.29 is 9.15 Å². The van der Waals surface area contributed by atoms with E-state index in [0.29, 0.717) is 25.2 Å². The summed E-state index contributed by atoms with van der Waals surface area (Å²) in [6.45, 7) is 4.18. The van der Waals surface area contributed by atoms with Crippen LogP contribution in [0.3, 0.4) is 0 Å². The van der Waals surface area contributed by atoms with Gasteiger partial charge in [0.1, 0.15) is 12.4 Å². The van der Waals surface area contributed by atoms with Crippen LogP contribution in [0, 0.1) is 0 Å². The van der Waals surface area contributed by atoms with Crippen LogP contribution in [0.5, 0.6) is 6.01 Å². The smallest absolute Gasteiger partial charge is 0.316 e. The molecule has 0 unspecified atom stereocenters. The number of furan rings is 1. The zero-order chi connectivity index (χ0) is 20.9. The Morgan fingerprint density at radius 3 is 2.68 bits per heavy atom. The van der Waals surface area contributed by atoms with Gasteiger partial charge in [-0.1, -0.05) is 12.1 Å². The number of nitrogens with zero attached hydrogens (tertiary/aromatic N) is 5. The van der Waals surface area contributed by atoms with Crippen LogP contribution in [-0.4, -0.2) is 56.7 Å². The van der Waals surface area contributed by atoms with Crippen molar-refractivity contribution in [3.05, 3.63) is 66.9 Å². The Bertz CT molecular complexity index is 1090. The lowest BCUT2D eigenvalue weighted by Gasteiger charge is -2.32. The van der Waals surface area contributed by atoms with Crippen LogP contribution in [0.1, 0.15) is 18.6 Å². The van der Waals surface area contributed by atoms with E-state index in [1.807, 2.05) is 24.3 Å². The molecule has 0 amide bonds. The molecule has 3 aromatic heterocycles. The Hall–Kier alpha value is -3.39. The molecular formula is C23H26N6O2. The second-order valence-corrected chi connectivity index (χ2v) is 7.73. The van der Waals surface area contributed by atoms with Gasteiger partial charge < -0.3 is 19.0 Å². The summed E-state index contributed by atoms with van der Waals surface area (Å²) in [6, 6.07) is 14.8. The summed E-state index contributed by atoms with van der Waals surface area (Å²) in [5.41, 5.74) is 2.10. The van der Waals surface area contributed by atoms with Gasteiger partial charge in [0.2, 0.25) is 5.95 Å². The van der Waals surface area contributed by atoms with E-state index in [1.54, 1.807) is 24.7 Å². The molecule has 0 bridgehead atoms. The normalized spacial score (nSPS) is 15.4. The Kier molecular flexibility index (Phi) is 5.79. The van der Waals surface area contributed by atoms with E-state index in [4.69, 9.17) is 14.1 Å². The number of aromatic nitrogens is 4. The maximum Gasteiger partial charge on any atom is 0.316 e. The topological polar surface area (TPSA) is 81.2 Å². The number of fused-ring (bicyclic) bond motifs is 1. The number of hydrogen-bond donors (Lipinski definition) is 1. The highest BCUT2D eigenvalue weighted by atomic mass is 16.5. The molecule has 0 spiro atoms. The average Bonchev–Trinajstić information content (AvgIpc) is 3.44. The highest BCUT2D eigenvalue weighted by molar-refractivity contribution is 5.78. The van der Waals surface area contributed by atoms with Crippen molar-refractivity contribution in [2.75, 3.05) is 31.6 Å². The van der Waals surface area contributed by atoms with Gasteiger partial charge in [-0.05, 0) is 43.2 Å². The van der Waals surface area contributed by atoms with Crippen molar-refractivity contribution in [2.24, 2.45) is 0 Å². The minimum absolute atomic E-state index is 0.391. The van der Waals surface area contributed by atoms with Gasteiger partial charge in [-0.25, -0.2) is 15.0 Å². The predicted octanol–water partition coefficient (Wildman–Crippen LogP) is 3.42. The van der Waals surface area contributed by atoms with E-state index in [-0.39, 0.29) is 0 Å². The molecule has 4 aromatic rings. The van der Waals surface area contributed by atoms with Gasteiger partial charge in [-0.15, -0.1) is 0 Å². The van der Waals surface area contributed by atoms with Crippen LogP contribution in [0.25, 0.3) is 11.0 Å². The Balaban J connectivity index is 1.18. The average molecular weight is 419 g/mol. The third-order valence-corrected chi connectivity index (χ3v) is 5.65. The maximum absolute atomic E-state index is 5.63. The van der Waals surface area contributed by atoms with E-state index in [9.17, 15) is 0 Å². The number of nitrogens with one attached hydrogen (secondary N) is 1. The monoisotopic (exact) mass is 418 g/mol. The maximum atomic E-state index is 5.63. The van der Waals surface area contributed by atoms with Gasteiger partial charge in [0, 0.05) is 38.1 Å². The molecule has 1 aromatic carbocycles. The van der Waals surface area contributed by atoms with Crippen molar-refractivity contribution in [3.8, 4) is 6.01 Å². The van der Waals surface area contributed by atoms with Gasteiger partial charge in [0.25, 0.3) is 0 Å². The molecule has 1 saturated heterocycles. The number of hydrogen-bond acceptors (Lipinski definition) is 7. The zero-order valence-corrected chi connectivity index (χ0v) is 17.4. The first kappa shape index (κ1) is 19.6. The summed E-state index contributed by atoms with van der Waals surface area (Å²) in [7, 11) is 0. The number of imidazole rings is 1. The lowest BCUT2D eigenvalue weighted by molar-refractivity contribution is 0.172. The number of anilines is 1. The second-order valence-electron chi connectivity index (χ2n) is 7.73. The van der Waals surface area contributed by atoms with Crippen LogP contribution in [-0.2, 0) is 6.54 Å². The van der Waals surface area contributed by atoms with Gasteiger partial charge in [-0.2, -0.15) is 0 Å². The fourth-order valence-corrected chi connectivity index (χ4v) is 4.01. The highest BCUT2D eigenvalue weighted by Gasteiger charge is 2.21. The molecule has 31 heavy (non-hydrogen) atoms. The van der Waals surface area contributed by atoms with Crippen molar-refractivity contribution in [2.45, 2.75) is 25.4 Å². The first-order chi connectivity index (χ1) is 15.3. The summed E-state index contributed by atoms with van der Waals surface area (Å²) >= 11 is 0. The fraction of sp³-hybridized carbons (Fsp3) is 0.348. The molecule has 8 nitrogen and oxygen atoms in total. The molecule has 0 aliphatic carbocycles. The fourth-order valence-electron chi connectivity index (χ4n) is 4.01. The lowest BCUT2D eigenvalue weighted by atomic mass is 10.1. The summed E-state index contributed by atoms with van der Waals surface area (Å²) in [5, 5.41) is 3.69. The third kappa shape index (κ3) is 4.69. The van der Waals surface area contributed by atoms with E-state index in [1.165, 1.54) is 0 Å². The molecule has 1 fully saturated rings. The molecule has 1 aliphatic heterocycles. The number of benzene rings is 1. The van der Waals surface area contributed by atoms with E-state index in [2.05, 4.69) is 36.9 Å². The summed E-state index contributed by atoms with van der Waals surface area (Å²) in [6.07, 6.45) is 7.22. The van der Waals surface area contributed by atoms with Crippen LogP contribution in [0.15, 0.2) is 65.5 Å². The number of piperidine rings is 1. The molecule has 5 rings (SSSR count). The third-order valence-electron chi connectivity index (χ3n) is 5.65. The molecule has 0 saturated carbocycles. The number of rotatable bonds is 8. The first-order valence-electron chi connectivity index (χ1n) is 10.7. The van der Waals surface area contributed by atoms with Gasteiger partial charge >= 0.3 is 6.01 Å². The second kappa shape index (κ2) is 9.18. The minimum Gasteiger partial charge on any atom is -0.467 e. The molecule has 160 valence electrons. The molecule has 8 heteroatoms. The number of likely N-dealkylation sites (tertiary alicyclic amines) is 1. The minimum atomic E-state index is 0.391. The van der Waals surface area contributed by atoms with E-state index < -0.39 is 0 Å². The number of ether oxygens (including phenoxy) is 1. The molecular weight excluding hydrogens is 392 g/mol. The Morgan fingerprint density at radius 2 is 1.87 bits per heavy atom. The summed E-state index contributed by atoms with van der Waals surface area (Å²) < 4.78 is 13.4. The van der Waals surface area contributed by atoms with Gasteiger partial charge in [0.05, 0.1) is 23.8 Å². The quantitative estimate of drug-likeness (QED) is 0.469. The SMILES string of the molecule is c1cnc(OCCN2CCC(Nc3nc4ccccc4n3Cc3ccco3)CC2)nc1. The van der Waals surface area contributed by atoms with Crippen LogP contribution in [0.2, 0.25) is 0 Å². The van der Waals surface area contributed by atoms with Crippen LogP contribution >= 0.6 is 0 Å².